The molecule has 0 radical (unpaired) electrons. The molecule has 2 aliphatic heterocycles. The van der Waals surface area contributed by atoms with Gasteiger partial charge in [0.15, 0.2) is 0 Å². The van der Waals surface area contributed by atoms with Gasteiger partial charge in [-0.2, -0.15) is 0 Å². The predicted molar refractivity (Wildman–Crippen MR) is 88.3 cm³/mol. The van der Waals surface area contributed by atoms with Gasteiger partial charge in [-0.25, -0.2) is 0 Å². The van der Waals surface area contributed by atoms with Crippen molar-refractivity contribution in [1.29, 1.82) is 0 Å². The Labute approximate surface area is 133 Å². The Balaban J connectivity index is 1.79. The summed E-state index contributed by atoms with van der Waals surface area (Å²) in [6.45, 7) is 9.02. The van der Waals surface area contributed by atoms with Crippen LogP contribution in [-0.2, 0) is 4.74 Å². The summed E-state index contributed by atoms with van der Waals surface area (Å²) in [6, 6.07) is 9.27. The summed E-state index contributed by atoms with van der Waals surface area (Å²) in [5.74, 6) is 1.67. The second-order valence-corrected chi connectivity index (χ2v) is 6.18. The summed E-state index contributed by atoms with van der Waals surface area (Å²) in [5, 5.41) is 3.46. The molecule has 2 aliphatic rings. The quantitative estimate of drug-likeness (QED) is 0.906. The van der Waals surface area contributed by atoms with Gasteiger partial charge in [0.2, 0.25) is 0 Å². The van der Waals surface area contributed by atoms with Crippen LogP contribution in [0.3, 0.4) is 0 Å². The van der Waals surface area contributed by atoms with Gasteiger partial charge in [-0.3, -0.25) is 4.90 Å². The van der Waals surface area contributed by atoms with E-state index in [9.17, 15) is 0 Å². The highest BCUT2D eigenvalue weighted by Gasteiger charge is 2.31. The average molecular weight is 304 g/mol. The summed E-state index contributed by atoms with van der Waals surface area (Å²) in [7, 11) is 0. The molecule has 2 heterocycles. The van der Waals surface area contributed by atoms with E-state index in [1.54, 1.807) is 0 Å². The first kappa shape index (κ1) is 15.8. The van der Waals surface area contributed by atoms with Crippen LogP contribution in [0.25, 0.3) is 0 Å². The third kappa shape index (κ3) is 3.80. The molecule has 1 atom stereocenters. The standard InChI is InChI=1S/C18H28N2O2/c1-2-22-17-5-3-15(4-6-17)18(16-7-13-21-14-8-16)20-11-9-19-10-12-20/h3-6,16,18-19H,2,7-14H2,1H3/t18-/m0/s1. The second kappa shape index (κ2) is 7.95. The molecule has 0 aromatic heterocycles. The molecule has 0 spiro atoms. The minimum Gasteiger partial charge on any atom is -0.494 e. The van der Waals surface area contributed by atoms with Crippen molar-refractivity contribution in [3.8, 4) is 5.75 Å². The zero-order valence-electron chi connectivity index (χ0n) is 13.6. The molecular formula is C18H28N2O2. The van der Waals surface area contributed by atoms with Crippen molar-refractivity contribution in [1.82, 2.24) is 10.2 Å². The number of rotatable bonds is 5. The van der Waals surface area contributed by atoms with Crippen LogP contribution in [-0.4, -0.2) is 50.9 Å². The van der Waals surface area contributed by atoms with Crippen LogP contribution in [0.1, 0.15) is 31.4 Å². The van der Waals surface area contributed by atoms with Crippen molar-refractivity contribution in [2.45, 2.75) is 25.8 Å². The maximum absolute atomic E-state index is 5.59. The SMILES string of the molecule is CCOc1ccc([C@@H](C2CCOCC2)N2CCNCC2)cc1. The highest BCUT2D eigenvalue weighted by molar-refractivity contribution is 5.30. The van der Waals surface area contributed by atoms with Gasteiger partial charge in [-0.15, -0.1) is 0 Å². The maximum atomic E-state index is 5.59. The monoisotopic (exact) mass is 304 g/mol. The van der Waals surface area contributed by atoms with Gasteiger partial charge in [-0.1, -0.05) is 12.1 Å². The molecule has 2 fully saturated rings. The van der Waals surface area contributed by atoms with Gasteiger partial charge < -0.3 is 14.8 Å². The number of ether oxygens (including phenoxy) is 2. The molecule has 4 heteroatoms. The smallest absolute Gasteiger partial charge is 0.119 e. The number of hydrogen-bond acceptors (Lipinski definition) is 4. The van der Waals surface area contributed by atoms with Crippen LogP contribution in [0.4, 0.5) is 0 Å². The number of benzene rings is 1. The first-order valence-corrected chi connectivity index (χ1v) is 8.63. The predicted octanol–water partition coefficient (Wildman–Crippen LogP) is 2.46. The molecule has 3 rings (SSSR count). The normalized spacial score (nSPS) is 22.4. The van der Waals surface area contributed by atoms with Gasteiger partial charge in [0.25, 0.3) is 0 Å². The molecule has 122 valence electrons. The molecule has 0 bridgehead atoms. The fourth-order valence-corrected chi connectivity index (χ4v) is 3.70. The first-order chi connectivity index (χ1) is 10.9. The van der Waals surface area contributed by atoms with Gasteiger partial charge in [-0.05, 0) is 43.4 Å². The molecule has 0 aliphatic carbocycles. The Morgan fingerprint density at radius 3 is 2.50 bits per heavy atom. The van der Waals surface area contributed by atoms with E-state index in [1.165, 1.54) is 18.4 Å². The van der Waals surface area contributed by atoms with E-state index in [0.717, 1.165) is 51.7 Å². The molecule has 0 unspecified atom stereocenters. The number of nitrogens with zero attached hydrogens (tertiary/aromatic N) is 1. The van der Waals surface area contributed by atoms with E-state index in [0.29, 0.717) is 12.0 Å². The zero-order valence-corrected chi connectivity index (χ0v) is 13.6. The lowest BCUT2D eigenvalue weighted by molar-refractivity contribution is 0.0213. The molecule has 2 saturated heterocycles. The maximum Gasteiger partial charge on any atom is 0.119 e. The van der Waals surface area contributed by atoms with Gasteiger partial charge in [0.05, 0.1) is 6.61 Å². The summed E-state index contributed by atoms with van der Waals surface area (Å²) < 4.78 is 11.2. The average Bonchev–Trinajstić information content (AvgIpc) is 2.59. The van der Waals surface area contributed by atoms with Gasteiger partial charge >= 0.3 is 0 Å². The van der Waals surface area contributed by atoms with Gasteiger partial charge in [0, 0.05) is 45.4 Å². The Hall–Kier alpha value is -1.10. The van der Waals surface area contributed by atoms with Crippen LogP contribution in [0.2, 0.25) is 0 Å². The van der Waals surface area contributed by atoms with Crippen LogP contribution in [0.5, 0.6) is 5.75 Å². The number of nitrogens with one attached hydrogen (secondary N) is 1. The topological polar surface area (TPSA) is 33.7 Å². The van der Waals surface area contributed by atoms with Crippen molar-refractivity contribution < 1.29 is 9.47 Å². The van der Waals surface area contributed by atoms with E-state index in [2.05, 4.69) is 34.5 Å². The Kier molecular flexibility index (Phi) is 5.70. The molecular weight excluding hydrogens is 276 g/mol. The van der Waals surface area contributed by atoms with E-state index in [1.807, 2.05) is 6.92 Å². The zero-order chi connectivity index (χ0) is 15.2. The van der Waals surface area contributed by atoms with Crippen molar-refractivity contribution in [3.63, 3.8) is 0 Å². The third-order valence-corrected chi connectivity index (χ3v) is 4.79. The van der Waals surface area contributed by atoms with Crippen molar-refractivity contribution in [2.24, 2.45) is 5.92 Å². The molecule has 1 aromatic carbocycles. The second-order valence-electron chi connectivity index (χ2n) is 6.18. The van der Waals surface area contributed by atoms with E-state index in [-0.39, 0.29) is 0 Å². The third-order valence-electron chi connectivity index (χ3n) is 4.79. The Bertz CT molecular complexity index is 419. The molecule has 0 amide bonds. The Morgan fingerprint density at radius 2 is 1.86 bits per heavy atom. The van der Waals surface area contributed by atoms with E-state index < -0.39 is 0 Å². The van der Waals surface area contributed by atoms with Crippen LogP contribution < -0.4 is 10.1 Å². The lowest BCUT2D eigenvalue weighted by Crippen LogP contribution is -2.47. The molecule has 1 N–H and O–H groups in total. The Morgan fingerprint density at radius 1 is 1.18 bits per heavy atom. The lowest BCUT2D eigenvalue weighted by atomic mass is 9.85. The van der Waals surface area contributed by atoms with Crippen LogP contribution in [0, 0.1) is 5.92 Å². The number of hydrogen-bond donors (Lipinski definition) is 1. The fourth-order valence-electron chi connectivity index (χ4n) is 3.70. The van der Waals surface area contributed by atoms with Crippen LogP contribution >= 0.6 is 0 Å². The largest absolute Gasteiger partial charge is 0.494 e. The van der Waals surface area contributed by atoms with E-state index >= 15 is 0 Å². The highest BCUT2D eigenvalue weighted by Crippen LogP contribution is 2.35. The first-order valence-electron chi connectivity index (χ1n) is 8.63. The molecule has 0 saturated carbocycles. The summed E-state index contributed by atoms with van der Waals surface area (Å²) in [4.78, 5) is 2.65. The van der Waals surface area contributed by atoms with E-state index in [4.69, 9.17) is 9.47 Å². The summed E-state index contributed by atoms with van der Waals surface area (Å²) in [6.07, 6.45) is 2.34. The minimum atomic E-state index is 0.515. The van der Waals surface area contributed by atoms with Gasteiger partial charge in [0.1, 0.15) is 5.75 Å². The summed E-state index contributed by atoms with van der Waals surface area (Å²) >= 11 is 0. The molecule has 4 nitrogen and oxygen atoms in total. The van der Waals surface area contributed by atoms with Crippen LogP contribution in [0.15, 0.2) is 24.3 Å². The molecule has 1 aromatic rings. The highest BCUT2D eigenvalue weighted by atomic mass is 16.5. The minimum absolute atomic E-state index is 0.515. The van der Waals surface area contributed by atoms with Crippen molar-refractivity contribution in [3.05, 3.63) is 29.8 Å². The fraction of sp³-hybridized carbons (Fsp3) is 0.667. The lowest BCUT2D eigenvalue weighted by Gasteiger charge is -2.41. The van der Waals surface area contributed by atoms with Crippen molar-refractivity contribution in [2.75, 3.05) is 46.0 Å². The number of piperazine rings is 1. The molecule has 22 heavy (non-hydrogen) atoms. The summed E-state index contributed by atoms with van der Waals surface area (Å²) in [5.41, 5.74) is 1.43. The van der Waals surface area contributed by atoms with Crippen molar-refractivity contribution >= 4 is 0 Å².